The Hall–Kier alpha value is -1.40. The summed E-state index contributed by atoms with van der Waals surface area (Å²) in [7, 11) is 2.02. The van der Waals surface area contributed by atoms with Crippen LogP contribution in [0, 0.1) is 0 Å². The van der Waals surface area contributed by atoms with E-state index in [4.69, 9.17) is 0 Å². The van der Waals surface area contributed by atoms with Crippen molar-refractivity contribution in [3.8, 4) is 0 Å². The molecule has 0 unspecified atom stereocenters. The van der Waals surface area contributed by atoms with Crippen LogP contribution in [0.15, 0.2) is 12.4 Å². The first-order valence-electron chi connectivity index (χ1n) is 7.45. The molecule has 2 aliphatic heterocycles. The number of piperazine rings is 1. The fourth-order valence-corrected chi connectivity index (χ4v) is 2.99. The molecule has 110 valence electrons. The molecule has 0 aliphatic carbocycles. The minimum atomic E-state index is 0.0658. The zero-order valence-corrected chi connectivity index (χ0v) is 12.1. The van der Waals surface area contributed by atoms with Crippen LogP contribution >= 0.6 is 0 Å². The second-order valence-electron chi connectivity index (χ2n) is 5.70. The second-order valence-corrected chi connectivity index (χ2v) is 5.70. The van der Waals surface area contributed by atoms with Gasteiger partial charge in [0, 0.05) is 45.6 Å². The molecule has 0 spiro atoms. The van der Waals surface area contributed by atoms with Crippen molar-refractivity contribution in [2.75, 3.05) is 32.7 Å². The maximum atomic E-state index is 12.3. The maximum absolute atomic E-state index is 12.3. The number of nitrogens with zero attached hydrogens (tertiary/aromatic N) is 4. The normalized spacial score (nSPS) is 24.2. The Labute approximate surface area is 119 Å². The lowest BCUT2D eigenvalue weighted by Gasteiger charge is -2.35. The van der Waals surface area contributed by atoms with Crippen molar-refractivity contribution in [1.29, 1.82) is 0 Å². The molecule has 20 heavy (non-hydrogen) atoms. The average Bonchev–Trinajstić information content (AvgIpc) is 3.12. The van der Waals surface area contributed by atoms with E-state index in [1.165, 1.54) is 0 Å². The lowest BCUT2D eigenvalue weighted by molar-refractivity contribution is -0.134. The average molecular weight is 277 g/mol. The number of aryl methyl sites for hydroxylation is 1. The molecule has 0 radical (unpaired) electrons. The molecule has 2 saturated heterocycles. The number of hydrogen-bond acceptors (Lipinski definition) is 4. The number of amides is 1. The highest BCUT2D eigenvalue weighted by atomic mass is 16.2. The number of hydrogen-bond donors (Lipinski definition) is 1. The van der Waals surface area contributed by atoms with E-state index in [1.54, 1.807) is 0 Å². The molecule has 6 heteroatoms. The summed E-state index contributed by atoms with van der Waals surface area (Å²) >= 11 is 0. The molecule has 2 fully saturated rings. The number of carbonyl (C=O) groups excluding carboxylic acids is 1. The van der Waals surface area contributed by atoms with Gasteiger partial charge in [-0.25, -0.2) is 4.98 Å². The first kappa shape index (κ1) is 13.6. The minimum absolute atomic E-state index is 0.0658. The van der Waals surface area contributed by atoms with Crippen molar-refractivity contribution in [2.24, 2.45) is 7.05 Å². The van der Waals surface area contributed by atoms with Crippen LogP contribution in [0.4, 0.5) is 0 Å². The summed E-state index contributed by atoms with van der Waals surface area (Å²) in [6, 6.07) is 0.0658. The Balaban J connectivity index is 1.49. The first-order valence-corrected chi connectivity index (χ1v) is 7.45. The highest BCUT2D eigenvalue weighted by Gasteiger charge is 2.29. The van der Waals surface area contributed by atoms with Crippen molar-refractivity contribution in [3.63, 3.8) is 0 Å². The van der Waals surface area contributed by atoms with Crippen molar-refractivity contribution in [1.82, 2.24) is 24.7 Å². The van der Waals surface area contributed by atoms with Crippen LogP contribution in [0.2, 0.25) is 0 Å². The van der Waals surface area contributed by atoms with Crippen LogP contribution in [-0.2, 0) is 18.4 Å². The smallest absolute Gasteiger partial charge is 0.239 e. The van der Waals surface area contributed by atoms with E-state index >= 15 is 0 Å². The summed E-state index contributed by atoms with van der Waals surface area (Å²) in [5.41, 5.74) is 0. The molecule has 0 bridgehead atoms. The van der Waals surface area contributed by atoms with Crippen LogP contribution in [0.1, 0.15) is 18.7 Å². The van der Waals surface area contributed by atoms with Crippen molar-refractivity contribution >= 4 is 5.91 Å². The van der Waals surface area contributed by atoms with Gasteiger partial charge in [0.2, 0.25) is 5.91 Å². The largest absolute Gasteiger partial charge is 0.339 e. The van der Waals surface area contributed by atoms with Gasteiger partial charge in [0.15, 0.2) is 0 Å². The quantitative estimate of drug-likeness (QED) is 0.832. The first-order chi connectivity index (χ1) is 9.74. The zero-order valence-electron chi connectivity index (χ0n) is 12.1. The monoisotopic (exact) mass is 277 g/mol. The SMILES string of the molecule is Cn1ccnc1CN1CCN(C(=O)[C@H]2CCCN2)CC1. The molecular formula is C14H23N5O. The molecular weight excluding hydrogens is 254 g/mol. The van der Waals surface area contributed by atoms with Gasteiger partial charge in [-0.3, -0.25) is 9.69 Å². The fraction of sp³-hybridized carbons (Fsp3) is 0.714. The fourth-order valence-electron chi connectivity index (χ4n) is 2.99. The number of nitrogens with one attached hydrogen (secondary N) is 1. The topological polar surface area (TPSA) is 53.4 Å². The van der Waals surface area contributed by atoms with Crippen LogP contribution in [-0.4, -0.2) is 64.0 Å². The van der Waals surface area contributed by atoms with E-state index in [0.717, 1.165) is 57.9 Å². The lowest BCUT2D eigenvalue weighted by Crippen LogP contribution is -2.52. The Kier molecular flexibility index (Phi) is 4.03. The standard InChI is InChI=1S/C14H23N5O/c1-17-6-5-16-13(17)11-18-7-9-19(10-8-18)14(20)12-3-2-4-15-12/h5-6,12,15H,2-4,7-11H2,1H3/t12-/m1/s1. The molecule has 3 rings (SSSR count). The van der Waals surface area contributed by atoms with Gasteiger partial charge in [0.25, 0.3) is 0 Å². The van der Waals surface area contributed by atoms with Gasteiger partial charge in [0.1, 0.15) is 5.82 Å². The van der Waals surface area contributed by atoms with Gasteiger partial charge in [-0.2, -0.15) is 0 Å². The summed E-state index contributed by atoms with van der Waals surface area (Å²) in [4.78, 5) is 21.0. The van der Waals surface area contributed by atoms with Crippen LogP contribution in [0.25, 0.3) is 0 Å². The van der Waals surface area contributed by atoms with Crippen molar-refractivity contribution in [2.45, 2.75) is 25.4 Å². The van der Waals surface area contributed by atoms with Crippen LogP contribution < -0.4 is 5.32 Å². The summed E-state index contributed by atoms with van der Waals surface area (Å²) in [5, 5.41) is 3.29. The predicted octanol–water partition coefficient (Wildman–Crippen LogP) is -0.184. The zero-order chi connectivity index (χ0) is 13.9. The second kappa shape index (κ2) is 5.93. The van der Waals surface area contributed by atoms with E-state index in [0.29, 0.717) is 5.91 Å². The molecule has 6 nitrogen and oxygen atoms in total. The van der Waals surface area contributed by atoms with Gasteiger partial charge in [-0.1, -0.05) is 0 Å². The molecule has 0 aromatic carbocycles. The summed E-state index contributed by atoms with van der Waals surface area (Å²) in [6.07, 6.45) is 5.92. The highest BCUT2D eigenvalue weighted by Crippen LogP contribution is 2.12. The van der Waals surface area contributed by atoms with Crippen LogP contribution in [0.5, 0.6) is 0 Å². The van der Waals surface area contributed by atoms with Crippen LogP contribution in [0.3, 0.4) is 0 Å². The molecule has 2 aliphatic rings. The van der Waals surface area contributed by atoms with Gasteiger partial charge in [-0.05, 0) is 19.4 Å². The number of carbonyl (C=O) groups is 1. The number of imidazole rings is 1. The summed E-state index contributed by atoms with van der Waals surface area (Å²) < 4.78 is 2.06. The number of aromatic nitrogens is 2. The van der Waals surface area contributed by atoms with Crippen molar-refractivity contribution < 1.29 is 4.79 Å². The Morgan fingerprint density at radius 1 is 1.40 bits per heavy atom. The highest BCUT2D eigenvalue weighted by molar-refractivity contribution is 5.82. The lowest BCUT2D eigenvalue weighted by atomic mass is 10.2. The summed E-state index contributed by atoms with van der Waals surface area (Å²) in [6.45, 7) is 5.39. The maximum Gasteiger partial charge on any atom is 0.239 e. The molecule has 1 amide bonds. The Morgan fingerprint density at radius 2 is 2.20 bits per heavy atom. The third kappa shape index (κ3) is 2.86. The van der Waals surface area contributed by atoms with E-state index in [-0.39, 0.29) is 6.04 Å². The van der Waals surface area contributed by atoms with Gasteiger partial charge in [0.05, 0.1) is 12.6 Å². The Bertz CT molecular complexity index is 458. The van der Waals surface area contributed by atoms with E-state index in [1.807, 2.05) is 24.3 Å². The molecule has 1 aromatic rings. The Morgan fingerprint density at radius 3 is 2.80 bits per heavy atom. The molecule has 0 saturated carbocycles. The molecule has 1 aromatic heterocycles. The predicted molar refractivity (Wildman–Crippen MR) is 76.1 cm³/mol. The van der Waals surface area contributed by atoms with E-state index in [9.17, 15) is 4.79 Å². The third-order valence-electron chi connectivity index (χ3n) is 4.33. The summed E-state index contributed by atoms with van der Waals surface area (Å²) in [5.74, 6) is 1.38. The molecule has 1 N–H and O–H groups in total. The van der Waals surface area contributed by atoms with E-state index in [2.05, 4.69) is 19.8 Å². The minimum Gasteiger partial charge on any atom is -0.339 e. The van der Waals surface area contributed by atoms with E-state index < -0.39 is 0 Å². The van der Waals surface area contributed by atoms with Gasteiger partial charge < -0.3 is 14.8 Å². The van der Waals surface area contributed by atoms with Gasteiger partial charge in [-0.15, -0.1) is 0 Å². The number of rotatable bonds is 3. The molecule has 1 atom stereocenters. The third-order valence-corrected chi connectivity index (χ3v) is 4.33. The van der Waals surface area contributed by atoms with Gasteiger partial charge >= 0.3 is 0 Å². The van der Waals surface area contributed by atoms with Crippen molar-refractivity contribution in [3.05, 3.63) is 18.2 Å². The molecule has 3 heterocycles.